The lowest BCUT2D eigenvalue weighted by molar-refractivity contribution is -0.146. The first-order valence-electron chi connectivity index (χ1n) is 8.29. The van der Waals surface area contributed by atoms with E-state index in [-0.39, 0.29) is 6.29 Å². The average Bonchev–Trinajstić information content (AvgIpc) is 2.47. The Morgan fingerprint density at radius 3 is 2.00 bits per heavy atom. The molecule has 0 radical (unpaired) electrons. The minimum atomic E-state index is 0.00848. The summed E-state index contributed by atoms with van der Waals surface area (Å²) < 4.78 is 11.4. The summed E-state index contributed by atoms with van der Waals surface area (Å²) in [6, 6.07) is 0. The van der Waals surface area contributed by atoms with Crippen LogP contribution in [0.25, 0.3) is 0 Å². The molecule has 0 saturated carbocycles. The summed E-state index contributed by atoms with van der Waals surface area (Å²) in [5.41, 5.74) is 0. The SMILES string of the molecule is CCCOC(CCCCC/C=C\CCCCl)OCCC. The van der Waals surface area contributed by atoms with Crippen LogP contribution in [0.5, 0.6) is 0 Å². The van der Waals surface area contributed by atoms with E-state index in [1.54, 1.807) is 0 Å². The second kappa shape index (κ2) is 17.0. The largest absolute Gasteiger partial charge is 0.353 e. The van der Waals surface area contributed by atoms with Crippen LogP contribution in [0.2, 0.25) is 0 Å². The van der Waals surface area contributed by atoms with Gasteiger partial charge in [0, 0.05) is 19.1 Å². The van der Waals surface area contributed by atoms with Crippen molar-refractivity contribution in [2.75, 3.05) is 19.1 Å². The van der Waals surface area contributed by atoms with Gasteiger partial charge in [0.1, 0.15) is 0 Å². The van der Waals surface area contributed by atoms with Crippen LogP contribution in [0.4, 0.5) is 0 Å². The van der Waals surface area contributed by atoms with Gasteiger partial charge in [-0.2, -0.15) is 0 Å². The van der Waals surface area contributed by atoms with Crippen molar-refractivity contribution in [2.45, 2.75) is 77.9 Å². The van der Waals surface area contributed by atoms with Gasteiger partial charge < -0.3 is 9.47 Å². The van der Waals surface area contributed by atoms with Crippen molar-refractivity contribution in [3.63, 3.8) is 0 Å². The number of halogens is 1. The molecule has 0 N–H and O–H groups in total. The smallest absolute Gasteiger partial charge is 0.157 e. The van der Waals surface area contributed by atoms with Crippen LogP contribution >= 0.6 is 11.6 Å². The molecule has 20 heavy (non-hydrogen) atoms. The molecule has 2 nitrogen and oxygen atoms in total. The van der Waals surface area contributed by atoms with E-state index in [9.17, 15) is 0 Å². The van der Waals surface area contributed by atoms with Crippen LogP contribution in [-0.2, 0) is 9.47 Å². The van der Waals surface area contributed by atoms with Gasteiger partial charge >= 0.3 is 0 Å². The van der Waals surface area contributed by atoms with Gasteiger partial charge in [0.2, 0.25) is 0 Å². The van der Waals surface area contributed by atoms with Crippen molar-refractivity contribution >= 4 is 11.6 Å². The molecule has 0 fully saturated rings. The first-order chi connectivity index (χ1) is 9.85. The Morgan fingerprint density at radius 1 is 0.850 bits per heavy atom. The molecule has 0 aliphatic heterocycles. The van der Waals surface area contributed by atoms with Gasteiger partial charge in [-0.3, -0.25) is 0 Å². The van der Waals surface area contributed by atoms with E-state index in [1.165, 1.54) is 25.7 Å². The molecule has 0 saturated heterocycles. The van der Waals surface area contributed by atoms with Crippen LogP contribution in [-0.4, -0.2) is 25.4 Å². The lowest BCUT2D eigenvalue weighted by Crippen LogP contribution is -2.18. The van der Waals surface area contributed by atoms with Crippen molar-refractivity contribution in [3.8, 4) is 0 Å². The fourth-order valence-corrected chi connectivity index (χ4v) is 2.05. The number of hydrogen-bond donors (Lipinski definition) is 0. The highest BCUT2D eigenvalue weighted by Gasteiger charge is 2.07. The van der Waals surface area contributed by atoms with Gasteiger partial charge in [0.25, 0.3) is 0 Å². The molecule has 120 valence electrons. The summed E-state index contributed by atoms with van der Waals surface area (Å²) in [7, 11) is 0. The predicted molar refractivity (Wildman–Crippen MR) is 88.5 cm³/mol. The van der Waals surface area contributed by atoms with Crippen molar-refractivity contribution in [3.05, 3.63) is 12.2 Å². The molecule has 0 aromatic carbocycles. The Hall–Kier alpha value is -0.0500. The molecule has 0 atom stereocenters. The van der Waals surface area contributed by atoms with Crippen LogP contribution < -0.4 is 0 Å². The van der Waals surface area contributed by atoms with Gasteiger partial charge in [-0.1, -0.05) is 32.4 Å². The van der Waals surface area contributed by atoms with Gasteiger partial charge in [-0.05, 0) is 51.4 Å². The maximum Gasteiger partial charge on any atom is 0.157 e. The van der Waals surface area contributed by atoms with Crippen molar-refractivity contribution in [2.24, 2.45) is 0 Å². The van der Waals surface area contributed by atoms with Crippen LogP contribution in [0.15, 0.2) is 12.2 Å². The Bertz CT molecular complexity index is 199. The molecule has 0 unspecified atom stereocenters. The minimum Gasteiger partial charge on any atom is -0.353 e. The normalized spacial score (nSPS) is 11.8. The van der Waals surface area contributed by atoms with E-state index in [1.807, 2.05) is 0 Å². The second-order valence-electron chi connectivity index (χ2n) is 5.11. The number of hydrogen-bond acceptors (Lipinski definition) is 2. The Labute approximate surface area is 130 Å². The van der Waals surface area contributed by atoms with E-state index in [0.29, 0.717) is 0 Å². The zero-order chi connectivity index (χ0) is 14.9. The summed E-state index contributed by atoms with van der Waals surface area (Å²) in [6.07, 6.45) is 14.7. The van der Waals surface area contributed by atoms with E-state index >= 15 is 0 Å². The molecule has 0 aromatic heterocycles. The first-order valence-corrected chi connectivity index (χ1v) is 8.82. The van der Waals surface area contributed by atoms with Gasteiger partial charge in [0.15, 0.2) is 6.29 Å². The molecule has 0 rings (SSSR count). The fraction of sp³-hybridized carbons (Fsp3) is 0.882. The topological polar surface area (TPSA) is 18.5 Å². The van der Waals surface area contributed by atoms with Gasteiger partial charge in [-0.25, -0.2) is 0 Å². The third kappa shape index (κ3) is 14.4. The lowest BCUT2D eigenvalue weighted by atomic mass is 10.1. The van der Waals surface area contributed by atoms with Crippen molar-refractivity contribution < 1.29 is 9.47 Å². The number of allylic oxidation sites excluding steroid dienone is 2. The highest BCUT2D eigenvalue weighted by Crippen LogP contribution is 2.11. The van der Waals surface area contributed by atoms with Crippen LogP contribution in [0.1, 0.15) is 71.6 Å². The fourth-order valence-electron chi connectivity index (χ4n) is 1.89. The zero-order valence-corrected chi connectivity index (χ0v) is 14.2. The third-order valence-electron chi connectivity index (χ3n) is 3.00. The molecule has 0 aromatic rings. The summed E-state index contributed by atoms with van der Waals surface area (Å²) in [5.74, 6) is 0.765. The zero-order valence-electron chi connectivity index (χ0n) is 13.4. The first kappa shape index (κ1) is 19.9. The quantitative estimate of drug-likeness (QED) is 0.167. The number of rotatable bonds is 15. The van der Waals surface area contributed by atoms with Gasteiger partial charge in [0.05, 0.1) is 0 Å². The van der Waals surface area contributed by atoms with E-state index in [0.717, 1.165) is 51.2 Å². The molecule has 0 aliphatic carbocycles. The third-order valence-corrected chi connectivity index (χ3v) is 3.26. The Kier molecular flexibility index (Phi) is 17.0. The number of ether oxygens (including phenoxy) is 2. The highest BCUT2D eigenvalue weighted by atomic mass is 35.5. The molecule has 0 heterocycles. The maximum atomic E-state index is 5.72. The molecule has 0 aliphatic rings. The summed E-state index contributed by atoms with van der Waals surface area (Å²) >= 11 is 5.63. The lowest BCUT2D eigenvalue weighted by Gasteiger charge is -2.17. The Morgan fingerprint density at radius 2 is 1.45 bits per heavy atom. The van der Waals surface area contributed by atoms with Crippen LogP contribution in [0, 0.1) is 0 Å². The second-order valence-corrected chi connectivity index (χ2v) is 5.49. The number of alkyl halides is 1. The molecule has 0 spiro atoms. The Balaban J connectivity index is 3.49. The summed E-state index contributed by atoms with van der Waals surface area (Å²) in [4.78, 5) is 0. The standard InChI is InChI=1S/C17H33ClO2/c1-3-15-19-17(20-16-4-2)13-11-9-7-5-6-8-10-12-14-18/h6,8,17H,3-5,7,9-16H2,1-2H3/b8-6-. The van der Waals surface area contributed by atoms with E-state index < -0.39 is 0 Å². The maximum absolute atomic E-state index is 5.72. The van der Waals surface area contributed by atoms with Gasteiger partial charge in [-0.15, -0.1) is 11.6 Å². The highest BCUT2D eigenvalue weighted by molar-refractivity contribution is 6.17. The van der Waals surface area contributed by atoms with E-state index in [2.05, 4.69) is 26.0 Å². The molecular weight excluding hydrogens is 272 g/mol. The van der Waals surface area contributed by atoms with Crippen molar-refractivity contribution in [1.29, 1.82) is 0 Å². The molecule has 0 amide bonds. The van der Waals surface area contributed by atoms with Crippen molar-refractivity contribution in [1.82, 2.24) is 0 Å². The predicted octanol–water partition coefficient (Wildman–Crippen LogP) is 5.69. The number of unbranched alkanes of at least 4 members (excludes halogenated alkanes) is 4. The van der Waals surface area contributed by atoms with E-state index in [4.69, 9.17) is 21.1 Å². The molecule has 3 heteroatoms. The molecular formula is C17H33ClO2. The molecule has 0 bridgehead atoms. The average molecular weight is 305 g/mol. The van der Waals surface area contributed by atoms with Crippen LogP contribution in [0.3, 0.4) is 0 Å². The summed E-state index contributed by atoms with van der Waals surface area (Å²) in [6.45, 7) is 5.87. The monoisotopic (exact) mass is 304 g/mol. The minimum absolute atomic E-state index is 0.00848. The summed E-state index contributed by atoms with van der Waals surface area (Å²) in [5, 5.41) is 0.